The molecule has 2 rings (SSSR count). The van der Waals surface area contributed by atoms with Crippen LogP contribution in [0.4, 0.5) is 4.79 Å². The average molecular weight is 287 g/mol. The van der Waals surface area contributed by atoms with Crippen LogP contribution in [0.5, 0.6) is 0 Å². The zero-order valence-electron chi connectivity index (χ0n) is 14.0. The fraction of sp³-hybridized carbons (Fsp3) is 0.353. The predicted octanol–water partition coefficient (Wildman–Crippen LogP) is 3.84. The predicted molar refractivity (Wildman–Crippen MR) is 83.5 cm³/mol. The third-order valence-corrected chi connectivity index (χ3v) is 2.87. The molecule has 4 nitrogen and oxygen atoms in total. The van der Waals surface area contributed by atoms with E-state index in [0.29, 0.717) is 12.6 Å². The summed E-state index contributed by atoms with van der Waals surface area (Å²) in [5.74, 6) is 0. The van der Waals surface area contributed by atoms with Gasteiger partial charge < -0.3 is 14.2 Å². The molecule has 0 aliphatic heterocycles. The van der Waals surface area contributed by atoms with Gasteiger partial charge in [-0.3, -0.25) is 0 Å². The molecule has 4 heteroatoms. The van der Waals surface area contributed by atoms with E-state index in [1.54, 1.807) is 24.1 Å². The molecule has 1 aromatic carbocycles. The Morgan fingerprint density at radius 2 is 2.10 bits per heavy atom. The molecule has 0 bridgehead atoms. The lowest BCUT2D eigenvalue weighted by Crippen LogP contribution is -2.33. The second kappa shape index (κ2) is 6.04. The lowest BCUT2D eigenvalue weighted by atomic mass is 10.2. The van der Waals surface area contributed by atoms with Crippen LogP contribution in [-0.4, -0.2) is 28.2 Å². The maximum atomic E-state index is 12.0. The van der Waals surface area contributed by atoms with E-state index < -0.39 is 5.60 Å². The summed E-state index contributed by atoms with van der Waals surface area (Å²) in [4.78, 5) is 13.5. The van der Waals surface area contributed by atoms with Gasteiger partial charge in [0.25, 0.3) is 0 Å². The molecule has 1 heterocycles. The molecule has 0 N–H and O–H groups in total. The van der Waals surface area contributed by atoms with Crippen LogP contribution < -0.4 is 0 Å². The minimum atomic E-state index is -0.494. The molecule has 0 aliphatic carbocycles. The van der Waals surface area contributed by atoms with Crippen LogP contribution >= 0.6 is 0 Å². The van der Waals surface area contributed by atoms with Crippen molar-refractivity contribution in [2.45, 2.75) is 32.9 Å². The van der Waals surface area contributed by atoms with Crippen molar-refractivity contribution in [3.8, 4) is 5.69 Å². The number of benzene rings is 1. The van der Waals surface area contributed by atoms with E-state index in [1.165, 1.54) is 0 Å². The number of ether oxygens (including phenoxy) is 1. The highest BCUT2D eigenvalue weighted by molar-refractivity contribution is 5.67. The molecule has 1 aromatic heterocycles. The first-order valence-electron chi connectivity index (χ1n) is 7.43. The summed E-state index contributed by atoms with van der Waals surface area (Å²) in [5.41, 5.74) is 1.44. The number of hydrogen-bond acceptors (Lipinski definition) is 2. The van der Waals surface area contributed by atoms with E-state index in [9.17, 15) is 4.79 Å². The summed E-state index contributed by atoms with van der Waals surface area (Å²) < 4.78 is 14.9. The standard InChI is InChI=1S/C17H22N2O2/c1-17(2,3)21-16(20)18(4)12-14-10-11-19(13-14)15-8-6-5-7-9-15/h5-11,13H,12H2,1-4H3/i6D. The number of rotatable bonds is 3. The Morgan fingerprint density at radius 1 is 1.33 bits per heavy atom. The molecule has 0 atom stereocenters. The maximum Gasteiger partial charge on any atom is 0.410 e. The lowest BCUT2D eigenvalue weighted by Gasteiger charge is -2.24. The van der Waals surface area contributed by atoms with Gasteiger partial charge in [-0.05, 0) is 44.5 Å². The van der Waals surface area contributed by atoms with Gasteiger partial charge >= 0.3 is 6.09 Å². The smallest absolute Gasteiger partial charge is 0.410 e. The Morgan fingerprint density at radius 3 is 2.76 bits per heavy atom. The molecule has 2 aromatic rings. The molecule has 0 radical (unpaired) electrons. The minimum Gasteiger partial charge on any atom is -0.444 e. The van der Waals surface area contributed by atoms with Gasteiger partial charge in [-0.2, -0.15) is 0 Å². The van der Waals surface area contributed by atoms with Crippen LogP contribution in [0.1, 0.15) is 27.7 Å². The Hall–Kier alpha value is -2.23. The quantitative estimate of drug-likeness (QED) is 0.859. The Kier molecular flexibility index (Phi) is 3.95. The number of carbonyl (C=O) groups is 1. The van der Waals surface area contributed by atoms with Gasteiger partial charge in [0.15, 0.2) is 0 Å². The van der Waals surface area contributed by atoms with E-state index in [1.807, 2.05) is 55.9 Å². The Balaban J connectivity index is 2.04. The van der Waals surface area contributed by atoms with Crippen molar-refractivity contribution >= 4 is 6.09 Å². The fourth-order valence-electron chi connectivity index (χ4n) is 1.92. The van der Waals surface area contributed by atoms with Gasteiger partial charge in [0.2, 0.25) is 0 Å². The first-order chi connectivity index (χ1) is 10.2. The number of aromatic nitrogens is 1. The molecule has 0 fully saturated rings. The molecule has 0 saturated carbocycles. The number of amides is 1. The van der Waals surface area contributed by atoms with Crippen LogP contribution in [0.2, 0.25) is 0 Å². The van der Waals surface area contributed by atoms with E-state index >= 15 is 0 Å². The first kappa shape index (κ1) is 13.7. The summed E-state index contributed by atoms with van der Waals surface area (Å²) in [5, 5.41) is 0. The second-order valence-electron chi connectivity index (χ2n) is 6.03. The van der Waals surface area contributed by atoms with E-state index in [2.05, 4.69) is 0 Å². The number of nitrogens with zero attached hydrogens (tertiary/aromatic N) is 2. The van der Waals surface area contributed by atoms with Gasteiger partial charge in [0.05, 0.1) is 7.92 Å². The number of carbonyl (C=O) groups excluding carboxylic acids is 1. The van der Waals surface area contributed by atoms with E-state index in [0.717, 1.165) is 11.3 Å². The van der Waals surface area contributed by atoms with E-state index in [-0.39, 0.29) is 6.09 Å². The largest absolute Gasteiger partial charge is 0.444 e. The zero-order chi connectivity index (χ0) is 16.3. The fourth-order valence-corrected chi connectivity index (χ4v) is 1.92. The molecule has 0 unspecified atom stereocenters. The van der Waals surface area contributed by atoms with Crippen molar-refractivity contribution in [1.82, 2.24) is 9.47 Å². The summed E-state index contributed by atoms with van der Waals surface area (Å²) >= 11 is 0. The third-order valence-electron chi connectivity index (χ3n) is 2.87. The average Bonchev–Trinajstić information content (AvgIpc) is 2.85. The van der Waals surface area contributed by atoms with Crippen LogP contribution in [0.3, 0.4) is 0 Å². The number of hydrogen-bond donors (Lipinski definition) is 0. The second-order valence-corrected chi connectivity index (χ2v) is 6.03. The maximum absolute atomic E-state index is 12.0. The van der Waals surface area contributed by atoms with Gasteiger partial charge in [0.1, 0.15) is 5.60 Å². The molecular weight excluding hydrogens is 264 g/mol. The van der Waals surface area contributed by atoms with E-state index in [4.69, 9.17) is 6.11 Å². The van der Waals surface area contributed by atoms with Crippen molar-refractivity contribution in [2.24, 2.45) is 0 Å². The topological polar surface area (TPSA) is 34.5 Å². The lowest BCUT2D eigenvalue weighted by molar-refractivity contribution is 0.0285. The SMILES string of the molecule is [2H]c1cccc(-n2ccc(CN(C)C(=O)OC(C)(C)C)c2)c1. The molecular formula is C17H22N2O2. The summed E-state index contributed by atoms with van der Waals surface area (Å²) in [7, 11) is 1.72. The van der Waals surface area contributed by atoms with Crippen LogP contribution in [0.25, 0.3) is 5.69 Å². The molecule has 0 saturated heterocycles. The molecule has 112 valence electrons. The first-order valence-corrected chi connectivity index (χ1v) is 6.93. The monoisotopic (exact) mass is 287 g/mol. The van der Waals surface area contributed by atoms with Crippen molar-refractivity contribution in [3.05, 3.63) is 54.3 Å². The molecule has 21 heavy (non-hydrogen) atoms. The van der Waals surface area contributed by atoms with Gasteiger partial charge in [-0.1, -0.05) is 18.2 Å². The van der Waals surface area contributed by atoms with Gasteiger partial charge in [0, 0.05) is 25.1 Å². The highest BCUT2D eigenvalue weighted by Crippen LogP contribution is 2.14. The summed E-state index contributed by atoms with van der Waals surface area (Å²) in [6.07, 6.45) is 3.54. The van der Waals surface area contributed by atoms with Crippen LogP contribution in [0.15, 0.2) is 48.8 Å². The number of para-hydroxylation sites is 1. The highest BCUT2D eigenvalue weighted by Gasteiger charge is 2.19. The Labute approximate surface area is 127 Å². The van der Waals surface area contributed by atoms with Gasteiger partial charge in [-0.25, -0.2) is 4.79 Å². The minimum absolute atomic E-state index is 0.339. The molecule has 1 amide bonds. The molecule has 0 spiro atoms. The molecule has 0 aliphatic rings. The van der Waals surface area contributed by atoms with Gasteiger partial charge in [-0.15, -0.1) is 0 Å². The zero-order valence-corrected chi connectivity index (χ0v) is 13.0. The Bertz CT molecular complexity index is 659. The van der Waals surface area contributed by atoms with Crippen LogP contribution in [0, 0.1) is 0 Å². The highest BCUT2D eigenvalue weighted by atomic mass is 16.6. The van der Waals surface area contributed by atoms with Crippen molar-refractivity contribution in [3.63, 3.8) is 0 Å². The normalized spacial score (nSPS) is 11.9. The van der Waals surface area contributed by atoms with Crippen molar-refractivity contribution in [2.75, 3.05) is 7.05 Å². The summed E-state index contributed by atoms with van der Waals surface area (Å²) in [6.45, 7) is 6.03. The summed E-state index contributed by atoms with van der Waals surface area (Å²) in [6, 6.07) is 9.76. The van der Waals surface area contributed by atoms with Crippen LogP contribution in [-0.2, 0) is 11.3 Å². The third kappa shape index (κ3) is 4.38. The van der Waals surface area contributed by atoms with Crippen molar-refractivity contribution in [1.29, 1.82) is 0 Å². The van der Waals surface area contributed by atoms with Crippen molar-refractivity contribution < 1.29 is 10.9 Å².